The number of amides is 2. The van der Waals surface area contributed by atoms with E-state index in [-0.39, 0.29) is 43.3 Å². The topological polar surface area (TPSA) is 81.5 Å². The first-order valence-electron chi connectivity index (χ1n) is 12.0. The molecule has 1 aliphatic carbocycles. The maximum absolute atomic E-state index is 13.6. The van der Waals surface area contributed by atoms with Gasteiger partial charge in [-0.25, -0.2) is 4.39 Å². The fraction of sp³-hybridized carbons (Fsp3) is 0.357. The minimum Gasteiger partial charge on any atom is -0.493 e. The molecule has 2 amide bonds. The van der Waals surface area contributed by atoms with Crippen LogP contribution in [0.15, 0.2) is 52.9 Å². The van der Waals surface area contributed by atoms with Gasteiger partial charge >= 0.3 is 0 Å². The van der Waals surface area contributed by atoms with Crippen LogP contribution in [0.1, 0.15) is 40.3 Å². The highest BCUT2D eigenvalue weighted by molar-refractivity contribution is 5.98. The molecule has 1 aromatic heterocycles. The van der Waals surface area contributed by atoms with E-state index in [0.29, 0.717) is 28.6 Å². The Labute approximate surface area is 215 Å². The summed E-state index contributed by atoms with van der Waals surface area (Å²) < 4.78 is 35.3. The van der Waals surface area contributed by atoms with Gasteiger partial charge in [-0.3, -0.25) is 9.59 Å². The zero-order valence-electron chi connectivity index (χ0n) is 21.5. The van der Waals surface area contributed by atoms with Crippen LogP contribution < -0.4 is 14.2 Å². The van der Waals surface area contributed by atoms with Crippen LogP contribution in [0.25, 0.3) is 0 Å². The summed E-state index contributed by atoms with van der Waals surface area (Å²) in [6.45, 7) is 2.19. The van der Waals surface area contributed by atoms with Gasteiger partial charge in [0.05, 0.1) is 27.9 Å². The minimum atomic E-state index is -0.348. The summed E-state index contributed by atoms with van der Waals surface area (Å²) in [6.07, 6.45) is 1.64. The number of rotatable bonds is 11. The van der Waals surface area contributed by atoms with Gasteiger partial charge in [0.2, 0.25) is 11.7 Å². The summed E-state index contributed by atoms with van der Waals surface area (Å²) >= 11 is 0. The highest BCUT2D eigenvalue weighted by Gasteiger charge is 2.36. The first kappa shape index (κ1) is 26.1. The van der Waals surface area contributed by atoms with Gasteiger partial charge in [-0.2, -0.15) is 0 Å². The summed E-state index contributed by atoms with van der Waals surface area (Å²) in [5, 5.41) is 0. The number of furan rings is 1. The Morgan fingerprint density at radius 3 is 2.11 bits per heavy atom. The Bertz CT molecular complexity index is 1230. The third-order valence-electron chi connectivity index (χ3n) is 6.25. The van der Waals surface area contributed by atoms with Crippen molar-refractivity contribution in [2.45, 2.75) is 38.9 Å². The van der Waals surface area contributed by atoms with Crippen LogP contribution in [0.5, 0.6) is 17.2 Å². The number of hydrogen-bond donors (Lipinski definition) is 0. The molecule has 0 unspecified atom stereocenters. The molecule has 0 aliphatic heterocycles. The smallest absolute Gasteiger partial charge is 0.254 e. The largest absolute Gasteiger partial charge is 0.493 e. The lowest BCUT2D eigenvalue weighted by atomic mass is 10.1. The van der Waals surface area contributed by atoms with Crippen LogP contribution in [0.4, 0.5) is 4.39 Å². The molecule has 1 aliphatic rings. The molecular formula is C28H31FN2O6. The normalized spacial score (nSPS) is 12.7. The standard InChI is InChI=1S/C28H31FN2O6/c1-18-5-12-23(37-18)16-30(15-19-6-8-21(29)9-7-19)26(32)17-31(22-10-11-22)28(33)20-13-24(34-2)27(36-4)25(14-20)35-3/h5-9,12-14,22H,10-11,15-17H2,1-4H3. The molecule has 9 heteroatoms. The Hall–Kier alpha value is -4.01. The van der Waals surface area contributed by atoms with E-state index >= 15 is 0 Å². The molecule has 1 fully saturated rings. The summed E-state index contributed by atoms with van der Waals surface area (Å²) in [4.78, 5) is 30.4. The highest BCUT2D eigenvalue weighted by atomic mass is 19.1. The van der Waals surface area contributed by atoms with Crippen molar-refractivity contribution < 1.29 is 32.6 Å². The molecule has 0 atom stereocenters. The summed E-state index contributed by atoms with van der Waals surface area (Å²) in [7, 11) is 4.46. The Balaban J connectivity index is 1.58. The number of carbonyl (C=O) groups is 2. The van der Waals surface area contributed by atoms with Crippen LogP contribution >= 0.6 is 0 Å². The minimum absolute atomic E-state index is 0.0333. The van der Waals surface area contributed by atoms with E-state index in [1.54, 1.807) is 34.1 Å². The zero-order valence-corrected chi connectivity index (χ0v) is 21.5. The van der Waals surface area contributed by atoms with Gasteiger partial charge in [0.15, 0.2) is 11.5 Å². The van der Waals surface area contributed by atoms with Gasteiger partial charge in [0.25, 0.3) is 5.91 Å². The molecular weight excluding hydrogens is 479 g/mol. The van der Waals surface area contributed by atoms with Gasteiger partial charge in [-0.15, -0.1) is 0 Å². The third kappa shape index (κ3) is 6.22. The molecule has 0 N–H and O–H groups in total. The first-order chi connectivity index (χ1) is 17.8. The predicted molar refractivity (Wildman–Crippen MR) is 134 cm³/mol. The monoisotopic (exact) mass is 510 g/mol. The number of hydrogen-bond acceptors (Lipinski definition) is 6. The number of nitrogens with zero attached hydrogens (tertiary/aromatic N) is 2. The lowest BCUT2D eigenvalue weighted by Gasteiger charge is -2.28. The van der Waals surface area contributed by atoms with E-state index in [9.17, 15) is 14.0 Å². The molecule has 0 radical (unpaired) electrons. The lowest BCUT2D eigenvalue weighted by Crippen LogP contribution is -2.43. The van der Waals surface area contributed by atoms with Gasteiger partial charge in [0, 0.05) is 18.2 Å². The SMILES string of the molecule is COc1cc(C(=O)N(CC(=O)N(Cc2ccc(F)cc2)Cc2ccc(C)o2)C2CC2)cc(OC)c1OC. The van der Waals surface area contributed by atoms with E-state index in [0.717, 1.165) is 24.2 Å². The van der Waals surface area contributed by atoms with Crippen LogP contribution in [0.2, 0.25) is 0 Å². The van der Waals surface area contributed by atoms with Gasteiger partial charge < -0.3 is 28.4 Å². The lowest BCUT2D eigenvalue weighted by molar-refractivity contribution is -0.133. The second kappa shape index (κ2) is 11.4. The zero-order chi connectivity index (χ0) is 26.5. The number of methoxy groups -OCH3 is 3. The van der Waals surface area contributed by atoms with Gasteiger partial charge in [-0.1, -0.05) is 12.1 Å². The first-order valence-corrected chi connectivity index (χ1v) is 12.0. The predicted octanol–water partition coefficient (Wildman–Crippen LogP) is 4.59. The van der Waals surface area contributed by atoms with Crippen molar-refractivity contribution in [1.29, 1.82) is 0 Å². The van der Waals surface area contributed by atoms with E-state index in [2.05, 4.69) is 0 Å². The number of aryl methyl sites for hydroxylation is 1. The second-order valence-corrected chi connectivity index (χ2v) is 8.97. The molecule has 2 aromatic carbocycles. The van der Waals surface area contributed by atoms with Crippen LogP contribution in [0.3, 0.4) is 0 Å². The number of ether oxygens (including phenoxy) is 3. The van der Waals surface area contributed by atoms with Crippen molar-refractivity contribution in [3.8, 4) is 17.2 Å². The van der Waals surface area contributed by atoms with Crippen molar-refractivity contribution >= 4 is 11.8 Å². The van der Waals surface area contributed by atoms with E-state index in [4.69, 9.17) is 18.6 Å². The maximum atomic E-state index is 13.6. The summed E-state index contributed by atoms with van der Waals surface area (Å²) in [6, 6.07) is 12.8. The molecule has 8 nitrogen and oxygen atoms in total. The third-order valence-corrected chi connectivity index (χ3v) is 6.25. The molecule has 4 rings (SSSR count). The fourth-order valence-electron chi connectivity index (χ4n) is 4.17. The van der Waals surface area contributed by atoms with Crippen LogP contribution in [-0.4, -0.2) is 55.5 Å². The number of carbonyl (C=O) groups excluding carboxylic acids is 2. The quantitative estimate of drug-likeness (QED) is 0.376. The Morgan fingerprint density at radius 1 is 0.946 bits per heavy atom. The van der Waals surface area contributed by atoms with E-state index in [1.165, 1.54) is 33.5 Å². The average molecular weight is 511 g/mol. The van der Waals surface area contributed by atoms with Crippen molar-refractivity contribution in [2.24, 2.45) is 0 Å². The Morgan fingerprint density at radius 2 is 1.59 bits per heavy atom. The Kier molecular flexibility index (Phi) is 8.01. The van der Waals surface area contributed by atoms with E-state index in [1.807, 2.05) is 19.1 Å². The van der Waals surface area contributed by atoms with Gasteiger partial charge in [0.1, 0.15) is 23.9 Å². The molecule has 0 bridgehead atoms. The van der Waals surface area contributed by atoms with Crippen LogP contribution in [-0.2, 0) is 17.9 Å². The molecule has 196 valence electrons. The summed E-state index contributed by atoms with van der Waals surface area (Å²) in [5.41, 5.74) is 1.10. The van der Waals surface area contributed by atoms with Crippen molar-refractivity contribution in [3.63, 3.8) is 0 Å². The fourth-order valence-corrected chi connectivity index (χ4v) is 4.17. The number of halogens is 1. The summed E-state index contributed by atoms with van der Waals surface area (Å²) in [5.74, 6) is 1.57. The second-order valence-electron chi connectivity index (χ2n) is 8.97. The average Bonchev–Trinajstić information content (AvgIpc) is 3.67. The highest BCUT2D eigenvalue weighted by Crippen LogP contribution is 2.39. The van der Waals surface area contributed by atoms with Crippen molar-refractivity contribution in [3.05, 3.63) is 77.0 Å². The van der Waals surface area contributed by atoms with Crippen molar-refractivity contribution in [2.75, 3.05) is 27.9 Å². The molecule has 1 saturated carbocycles. The maximum Gasteiger partial charge on any atom is 0.254 e. The van der Waals surface area contributed by atoms with E-state index < -0.39 is 0 Å². The molecule has 0 spiro atoms. The molecule has 0 saturated heterocycles. The van der Waals surface area contributed by atoms with Crippen LogP contribution in [0, 0.1) is 12.7 Å². The number of benzene rings is 2. The van der Waals surface area contributed by atoms with Crippen molar-refractivity contribution in [1.82, 2.24) is 9.80 Å². The molecule has 3 aromatic rings. The molecule has 37 heavy (non-hydrogen) atoms. The molecule has 1 heterocycles. The van der Waals surface area contributed by atoms with Gasteiger partial charge in [-0.05, 0) is 61.7 Å².